The zero-order valence-corrected chi connectivity index (χ0v) is 34.7. The number of amides is 5. The summed E-state index contributed by atoms with van der Waals surface area (Å²) in [6.07, 6.45) is 1.60. The van der Waals surface area contributed by atoms with Crippen LogP contribution in [0.25, 0.3) is 17.2 Å². The highest BCUT2D eigenvalue weighted by Gasteiger charge is 2.24. The van der Waals surface area contributed by atoms with Crippen LogP contribution in [-0.4, -0.2) is 71.6 Å². The first-order valence-electron chi connectivity index (χ1n) is 18.9. The molecule has 0 aliphatic heterocycles. The average molecular weight is 887 g/mol. The summed E-state index contributed by atoms with van der Waals surface area (Å²) in [5.41, 5.74) is 1.76. The largest absolute Gasteiger partial charge is 0.519 e. The lowest BCUT2D eigenvalue weighted by Crippen LogP contribution is -2.32. The van der Waals surface area contributed by atoms with Crippen LogP contribution in [0, 0.1) is 11.3 Å². The highest BCUT2D eigenvalue weighted by Crippen LogP contribution is 2.40. The van der Waals surface area contributed by atoms with Crippen molar-refractivity contribution < 1.29 is 62.4 Å². The van der Waals surface area contributed by atoms with E-state index in [9.17, 15) is 48.9 Å². The second kappa shape index (κ2) is 20.9. The summed E-state index contributed by atoms with van der Waals surface area (Å²) in [5, 5.41) is 50.6. The lowest BCUT2D eigenvalue weighted by Gasteiger charge is -2.16. The number of hydrogen-bond acceptors (Lipinski definition) is 14. The molecule has 5 aromatic carbocycles. The normalized spacial score (nSPS) is 10.6. The van der Waals surface area contributed by atoms with Gasteiger partial charge in [0.15, 0.2) is 34.2 Å². The van der Waals surface area contributed by atoms with E-state index in [0.29, 0.717) is 22.5 Å². The van der Waals surface area contributed by atoms with Crippen LogP contribution in [0.2, 0.25) is 0 Å². The summed E-state index contributed by atoms with van der Waals surface area (Å²) in [5.74, 6) is -7.22. The summed E-state index contributed by atoms with van der Waals surface area (Å²) in [6, 6.07) is 23.0. The lowest BCUT2D eigenvalue weighted by atomic mass is 10.1. The van der Waals surface area contributed by atoms with Crippen molar-refractivity contribution in [1.29, 1.82) is 5.26 Å². The minimum atomic E-state index is -1.42. The molecule has 0 radical (unpaired) electrons. The Bertz CT molecular complexity index is 2950. The minimum Gasteiger partial charge on any atom is -0.504 e. The second-order valence-corrected chi connectivity index (χ2v) is 13.3. The van der Waals surface area contributed by atoms with Gasteiger partial charge in [-0.2, -0.15) is 5.26 Å². The first-order valence-corrected chi connectivity index (χ1v) is 18.9. The predicted octanol–water partition coefficient (Wildman–Crippen LogP) is 5.96. The number of carbonyl (C=O) groups is 6. The van der Waals surface area contributed by atoms with Crippen molar-refractivity contribution >= 4 is 75.5 Å². The zero-order valence-electron chi connectivity index (χ0n) is 34.7. The average Bonchev–Trinajstić information content (AvgIpc) is 3.65. The van der Waals surface area contributed by atoms with Crippen LogP contribution in [0.1, 0.15) is 60.8 Å². The van der Waals surface area contributed by atoms with Crippen molar-refractivity contribution in [3.8, 4) is 29.1 Å². The smallest absolute Gasteiger partial charge is 0.504 e. The van der Waals surface area contributed by atoms with Crippen LogP contribution in [0.15, 0.2) is 110 Å². The van der Waals surface area contributed by atoms with Crippen molar-refractivity contribution in [1.82, 2.24) is 5.32 Å². The standard InChI is InChI=1S/C43H35N5O14.C2H3N/c1-21(18-22-4-17-31-32(19-22)62-43(58)61-31)38(52)46-26-11-5-23(6-12-26)39(53)44-20-33(49)45-25-9-7-24(8-10-25)40(54)47-29-15-13-27(34(50)36(29)59-2)41(55)48-30-16-14-28(42(56)57)35(51)37(30)60-3;1-2-3/h4-19,50-51H,20H2,1-3H3,(H,44,53)(H,45,49)(H,46,52)(H,47,54)(H,48,55)(H,56,57);1H3/b21-18+;. The number of carboxylic acids is 1. The number of phenolic OH excluding ortho intramolecular Hbond substituents is 1. The molecular formula is C45H38N6O14. The van der Waals surface area contributed by atoms with E-state index < -0.39 is 58.4 Å². The third-order valence-electron chi connectivity index (χ3n) is 8.98. The minimum absolute atomic E-state index is 0.00219. The lowest BCUT2D eigenvalue weighted by molar-refractivity contribution is -0.115. The zero-order chi connectivity index (χ0) is 47.4. The molecule has 332 valence electrons. The summed E-state index contributed by atoms with van der Waals surface area (Å²) in [4.78, 5) is 86.9. The van der Waals surface area contributed by atoms with Gasteiger partial charge in [0.05, 0.1) is 43.8 Å². The molecule has 6 aromatic rings. The molecule has 0 bridgehead atoms. The number of hydrogen-bond donors (Lipinski definition) is 8. The number of aromatic hydroxyl groups is 2. The fourth-order valence-corrected chi connectivity index (χ4v) is 5.89. The van der Waals surface area contributed by atoms with Gasteiger partial charge in [0, 0.05) is 35.0 Å². The van der Waals surface area contributed by atoms with E-state index in [-0.39, 0.29) is 57.3 Å². The molecule has 5 amide bonds. The second-order valence-electron chi connectivity index (χ2n) is 13.3. The monoisotopic (exact) mass is 886 g/mol. The van der Waals surface area contributed by atoms with Gasteiger partial charge in [-0.25, -0.2) is 9.59 Å². The molecule has 0 aliphatic rings. The number of ether oxygens (including phenoxy) is 2. The number of benzene rings is 5. The van der Waals surface area contributed by atoms with Crippen LogP contribution < -0.4 is 41.9 Å². The molecule has 65 heavy (non-hydrogen) atoms. The van der Waals surface area contributed by atoms with Crippen molar-refractivity contribution in [3.05, 3.63) is 135 Å². The maximum atomic E-state index is 13.1. The molecule has 0 spiro atoms. The molecule has 0 aliphatic carbocycles. The Balaban J connectivity index is 0.00000257. The van der Waals surface area contributed by atoms with Gasteiger partial charge in [-0.15, -0.1) is 0 Å². The van der Waals surface area contributed by atoms with E-state index in [2.05, 4.69) is 26.6 Å². The fourth-order valence-electron chi connectivity index (χ4n) is 5.89. The quantitative estimate of drug-likeness (QED) is 0.0585. The van der Waals surface area contributed by atoms with Gasteiger partial charge in [-0.1, -0.05) is 6.07 Å². The Morgan fingerprint density at radius 3 is 1.75 bits per heavy atom. The van der Waals surface area contributed by atoms with Crippen molar-refractivity contribution in [2.45, 2.75) is 13.8 Å². The number of rotatable bonds is 14. The Hall–Kier alpha value is -9.38. The Morgan fingerprint density at radius 2 is 1.18 bits per heavy atom. The number of fused-ring (bicyclic) bond motifs is 1. The molecule has 1 aromatic heterocycles. The molecule has 0 fully saturated rings. The Kier molecular flexibility index (Phi) is 15.0. The van der Waals surface area contributed by atoms with Gasteiger partial charge in [-0.3, -0.25) is 24.0 Å². The van der Waals surface area contributed by atoms with E-state index in [1.54, 1.807) is 37.3 Å². The number of nitriles is 1. The van der Waals surface area contributed by atoms with Gasteiger partial charge >= 0.3 is 11.8 Å². The van der Waals surface area contributed by atoms with Crippen molar-refractivity contribution in [2.75, 3.05) is 42.0 Å². The van der Waals surface area contributed by atoms with E-state index in [4.69, 9.17) is 23.6 Å². The predicted molar refractivity (Wildman–Crippen MR) is 234 cm³/mol. The molecule has 1 heterocycles. The maximum absolute atomic E-state index is 13.1. The number of anilines is 4. The molecule has 6 rings (SSSR count). The number of methoxy groups -OCH3 is 2. The van der Waals surface area contributed by atoms with Crippen molar-refractivity contribution in [2.24, 2.45) is 0 Å². The molecule has 0 unspecified atom stereocenters. The van der Waals surface area contributed by atoms with Crippen LogP contribution in [0.5, 0.6) is 23.0 Å². The first kappa shape index (κ1) is 46.7. The Labute approximate surface area is 367 Å². The van der Waals surface area contributed by atoms with Crippen LogP contribution in [0.4, 0.5) is 22.7 Å². The maximum Gasteiger partial charge on any atom is 0.519 e. The number of nitrogens with one attached hydrogen (secondary N) is 5. The topological polar surface area (TPSA) is 309 Å². The summed E-state index contributed by atoms with van der Waals surface area (Å²) in [6.45, 7) is 2.65. The molecule has 20 nitrogen and oxygen atoms in total. The van der Waals surface area contributed by atoms with Crippen LogP contribution >= 0.6 is 0 Å². The first-order chi connectivity index (χ1) is 31.1. The summed E-state index contributed by atoms with van der Waals surface area (Å²) < 4.78 is 20.2. The van der Waals surface area contributed by atoms with E-state index in [0.717, 1.165) is 13.2 Å². The molecule has 0 saturated heterocycles. The number of phenols is 2. The number of carboxylic acid groups (broad SMARTS) is 1. The highest BCUT2D eigenvalue weighted by atomic mass is 16.6. The summed E-state index contributed by atoms with van der Waals surface area (Å²) >= 11 is 0. The third-order valence-corrected chi connectivity index (χ3v) is 8.98. The number of aromatic carboxylic acids is 1. The van der Waals surface area contributed by atoms with Gasteiger partial charge in [0.2, 0.25) is 5.91 Å². The van der Waals surface area contributed by atoms with E-state index in [1.807, 2.05) is 0 Å². The van der Waals surface area contributed by atoms with Crippen molar-refractivity contribution in [3.63, 3.8) is 0 Å². The van der Waals surface area contributed by atoms with Crippen LogP contribution in [-0.2, 0) is 9.59 Å². The van der Waals surface area contributed by atoms with Gasteiger partial charge in [0.1, 0.15) is 5.56 Å². The van der Waals surface area contributed by atoms with E-state index in [1.165, 1.54) is 80.8 Å². The molecule has 20 heteroatoms. The molecule has 8 N–H and O–H groups in total. The Morgan fingerprint density at radius 1 is 0.677 bits per heavy atom. The molecular weight excluding hydrogens is 849 g/mol. The van der Waals surface area contributed by atoms with Crippen LogP contribution in [0.3, 0.4) is 0 Å². The SMILES string of the molecule is CC#N.COc1c(NC(=O)c2ccc(NC(=O)c3ccc(NC(=O)CNC(=O)c4ccc(NC(=O)/C(C)=C/c5ccc6oc(=O)oc6c5)cc4)cc3)c(OC)c2O)ccc(C(=O)O)c1O. The van der Waals surface area contributed by atoms with Gasteiger partial charge in [-0.05, 0) is 103 Å². The van der Waals surface area contributed by atoms with Gasteiger partial charge < -0.3 is 60.2 Å². The molecule has 0 atom stereocenters. The van der Waals surface area contributed by atoms with E-state index >= 15 is 0 Å². The third kappa shape index (κ3) is 11.5. The highest BCUT2D eigenvalue weighted by molar-refractivity contribution is 6.11. The number of nitrogens with zero attached hydrogens (tertiary/aromatic N) is 1. The fraction of sp³-hybridized carbons (Fsp3) is 0.111. The summed E-state index contributed by atoms with van der Waals surface area (Å²) in [7, 11) is 2.37. The molecule has 0 saturated carbocycles. The van der Waals surface area contributed by atoms with Gasteiger partial charge in [0.25, 0.3) is 23.6 Å². The number of carbonyl (C=O) groups excluding carboxylic acids is 5.